The molecule has 0 radical (unpaired) electrons. The largest absolute Gasteiger partial charge is 0.399 e. The van der Waals surface area contributed by atoms with Crippen LogP contribution in [0.5, 0.6) is 0 Å². The zero-order valence-corrected chi connectivity index (χ0v) is 13.9. The Kier molecular flexibility index (Phi) is 6.56. The summed E-state index contributed by atoms with van der Waals surface area (Å²) < 4.78 is 0. The average Bonchev–Trinajstić information content (AvgIpc) is 2.54. The van der Waals surface area contributed by atoms with Crippen LogP contribution in [0.1, 0.15) is 18.4 Å². The van der Waals surface area contributed by atoms with E-state index < -0.39 is 0 Å². The van der Waals surface area contributed by atoms with Gasteiger partial charge in [0.2, 0.25) is 0 Å². The lowest BCUT2D eigenvalue weighted by Crippen LogP contribution is -2.07. The van der Waals surface area contributed by atoms with Crippen molar-refractivity contribution in [1.29, 1.82) is 0 Å². The van der Waals surface area contributed by atoms with Gasteiger partial charge in [-0.25, -0.2) is 0 Å². The summed E-state index contributed by atoms with van der Waals surface area (Å²) in [7, 11) is 1.54. The van der Waals surface area contributed by atoms with Gasteiger partial charge in [0, 0.05) is 17.8 Å². The third-order valence-electron chi connectivity index (χ3n) is 3.15. The maximum Gasteiger partial charge on any atom is 0.106 e. The number of oxime groups is 1. The first-order chi connectivity index (χ1) is 10.7. The van der Waals surface area contributed by atoms with E-state index in [2.05, 4.69) is 10.5 Å². The predicted molar refractivity (Wildman–Crippen MR) is 94.2 cm³/mol. The number of rotatable bonds is 7. The van der Waals surface area contributed by atoms with E-state index in [-0.39, 0.29) is 0 Å². The van der Waals surface area contributed by atoms with E-state index in [0.717, 1.165) is 36.3 Å². The second-order valence-corrected chi connectivity index (χ2v) is 5.56. The Morgan fingerprint density at radius 3 is 2.55 bits per heavy atom. The third kappa shape index (κ3) is 4.93. The summed E-state index contributed by atoms with van der Waals surface area (Å²) in [6.07, 6.45) is 1.71. The molecule has 0 saturated carbocycles. The van der Waals surface area contributed by atoms with Gasteiger partial charge in [-0.3, -0.25) is 0 Å². The van der Waals surface area contributed by atoms with Crippen molar-refractivity contribution in [2.45, 2.75) is 12.8 Å². The second-order valence-electron chi connectivity index (χ2n) is 4.75. The molecule has 0 aliphatic heterocycles. The molecule has 0 aromatic heterocycles. The molecular formula is C17H18Cl2N2O. The molecule has 1 N–H and O–H groups in total. The average molecular weight is 337 g/mol. The molecule has 0 unspecified atom stereocenters. The van der Waals surface area contributed by atoms with Crippen molar-refractivity contribution in [1.82, 2.24) is 0 Å². The van der Waals surface area contributed by atoms with Crippen molar-refractivity contribution >= 4 is 34.6 Å². The summed E-state index contributed by atoms with van der Waals surface area (Å²) in [5, 5.41) is 8.52. The molecule has 2 rings (SSSR count). The van der Waals surface area contributed by atoms with Gasteiger partial charge in [-0.2, -0.15) is 0 Å². The van der Waals surface area contributed by atoms with Crippen LogP contribution in [0.25, 0.3) is 0 Å². The Bertz CT molecular complexity index is 630. The smallest absolute Gasteiger partial charge is 0.106 e. The van der Waals surface area contributed by atoms with Gasteiger partial charge in [0.15, 0.2) is 0 Å². The first-order valence-corrected chi connectivity index (χ1v) is 7.80. The van der Waals surface area contributed by atoms with E-state index in [0.29, 0.717) is 10.0 Å². The highest BCUT2D eigenvalue weighted by Crippen LogP contribution is 2.23. The van der Waals surface area contributed by atoms with Crippen LogP contribution in [-0.4, -0.2) is 19.4 Å². The molecule has 5 heteroatoms. The molecule has 3 nitrogen and oxygen atoms in total. The first kappa shape index (κ1) is 16.7. The summed E-state index contributed by atoms with van der Waals surface area (Å²) in [5.74, 6) is 0. The summed E-state index contributed by atoms with van der Waals surface area (Å²) >= 11 is 12.0. The summed E-state index contributed by atoms with van der Waals surface area (Å²) in [6.45, 7) is 0.855. The number of nitrogens with zero attached hydrogens (tertiary/aromatic N) is 1. The van der Waals surface area contributed by atoms with Gasteiger partial charge < -0.3 is 10.2 Å². The normalized spacial score (nSPS) is 11.3. The maximum absolute atomic E-state index is 6.06. The van der Waals surface area contributed by atoms with Crippen molar-refractivity contribution in [3.8, 4) is 0 Å². The quantitative estimate of drug-likeness (QED) is 0.426. The molecule has 0 aliphatic rings. The van der Waals surface area contributed by atoms with E-state index in [1.54, 1.807) is 13.2 Å². The fourth-order valence-corrected chi connectivity index (χ4v) is 2.37. The molecule has 22 heavy (non-hydrogen) atoms. The van der Waals surface area contributed by atoms with Crippen LogP contribution >= 0.6 is 23.2 Å². The Labute approximate surface area is 140 Å². The molecule has 0 bridgehead atoms. The topological polar surface area (TPSA) is 33.6 Å². The van der Waals surface area contributed by atoms with E-state index in [1.807, 2.05) is 42.5 Å². The van der Waals surface area contributed by atoms with Gasteiger partial charge in [0.05, 0.1) is 15.8 Å². The number of nitrogens with one attached hydrogen (secondary N) is 1. The molecule has 0 heterocycles. The van der Waals surface area contributed by atoms with Gasteiger partial charge in [-0.1, -0.05) is 52.6 Å². The van der Waals surface area contributed by atoms with E-state index in [9.17, 15) is 0 Å². The zero-order valence-electron chi connectivity index (χ0n) is 12.4. The van der Waals surface area contributed by atoms with Crippen molar-refractivity contribution < 1.29 is 4.84 Å². The molecule has 0 fully saturated rings. The van der Waals surface area contributed by atoms with Crippen molar-refractivity contribution in [3.05, 3.63) is 64.1 Å². The van der Waals surface area contributed by atoms with Crippen LogP contribution in [0.4, 0.5) is 5.69 Å². The van der Waals surface area contributed by atoms with Crippen molar-refractivity contribution in [2.75, 3.05) is 19.0 Å². The maximum atomic E-state index is 6.06. The number of hydrogen-bond donors (Lipinski definition) is 1. The molecule has 2 aromatic rings. The monoisotopic (exact) mass is 336 g/mol. The molecule has 0 atom stereocenters. The van der Waals surface area contributed by atoms with E-state index >= 15 is 0 Å². The summed E-state index contributed by atoms with van der Waals surface area (Å²) in [5.41, 5.74) is 2.90. The van der Waals surface area contributed by atoms with Crippen LogP contribution in [-0.2, 0) is 4.84 Å². The fraction of sp³-hybridized carbons (Fsp3) is 0.235. The SMILES string of the molecule is CO/N=C(\CCCNc1ccccc1)c1ccc(Cl)c(Cl)c1. The molecule has 2 aromatic carbocycles. The lowest BCUT2D eigenvalue weighted by molar-refractivity contribution is 0.213. The van der Waals surface area contributed by atoms with E-state index in [1.165, 1.54) is 0 Å². The van der Waals surface area contributed by atoms with Gasteiger partial charge in [0.25, 0.3) is 0 Å². The number of para-hydroxylation sites is 1. The predicted octanol–water partition coefficient (Wildman–Crippen LogP) is 5.24. The lowest BCUT2D eigenvalue weighted by Gasteiger charge is -2.09. The van der Waals surface area contributed by atoms with E-state index in [4.69, 9.17) is 28.0 Å². The minimum Gasteiger partial charge on any atom is -0.399 e. The lowest BCUT2D eigenvalue weighted by atomic mass is 10.1. The summed E-state index contributed by atoms with van der Waals surface area (Å²) in [4.78, 5) is 4.94. The molecule has 0 spiro atoms. The Morgan fingerprint density at radius 2 is 1.86 bits per heavy atom. The van der Waals surface area contributed by atoms with Gasteiger partial charge in [-0.15, -0.1) is 0 Å². The first-order valence-electron chi connectivity index (χ1n) is 7.05. The third-order valence-corrected chi connectivity index (χ3v) is 3.89. The van der Waals surface area contributed by atoms with Crippen molar-refractivity contribution in [2.24, 2.45) is 5.16 Å². The standard InChI is InChI=1S/C17H18Cl2N2O/c1-22-21-17(13-9-10-15(18)16(19)12-13)8-5-11-20-14-6-3-2-4-7-14/h2-4,6-7,9-10,12,20H,5,8,11H2,1H3/b21-17+. The van der Waals surface area contributed by atoms with Crippen LogP contribution < -0.4 is 5.32 Å². The minimum atomic E-state index is 0.519. The van der Waals surface area contributed by atoms with Crippen molar-refractivity contribution in [3.63, 3.8) is 0 Å². The number of anilines is 1. The Balaban J connectivity index is 1.92. The highest BCUT2D eigenvalue weighted by Gasteiger charge is 2.07. The highest BCUT2D eigenvalue weighted by molar-refractivity contribution is 6.42. The second kappa shape index (κ2) is 8.66. The van der Waals surface area contributed by atoms with Crippen LogP contribution in [0.2, 0.25) is 10.0 Å². The number of hydrogen-bond acceptors (Lipinski definition) is 3. The fourth-order valence-electron chi connectivity index (χ4n) is 2.07. The summed E-state index contributed by atoms with van der Waals surface area (Å²) in [6, 6.07) is 15.6. The number of benzene rings is 2. The van der Waals surface area contributed by atoms with Crippen LogP contribution in [0.3, 0.4) is 0 Å². The molecule has 0 amide bonds. The van der Waals surface area contributed by atoms with Gasteiger partial charge in [-0.05, 0) is 37.1 Å². The van der Waals surface area contributed by atoms with Crippen LogP contribution in [0, 0.1) is 0 Å². The molecular weight excluding hydrogens is 319 g/mol. The van der Waals surface area contributed by atoms with Crippen LogP contribution in [0.15, 0.2) is 53.7 Å². The molecule has 116 valence electrons. The number of halogens is 2. The zero-order chi connectivity index (χ0) is 15.8. The highest BCUT2D eigenvalue weighted by atomic mass is 35.5. The van der Waals surface area contributed by atoms with Gasteiger partial charge >= 0.3 is 0 Å². The Hall–Kier alpha value is -1.71. The minimum absolute atomic E-state index is 0.519. The molecule has 0 aliphatic carbocycles. The van der Waals surface area contributed by atoms with Gasteiger partial charge in [0.1, 0.15) is 7.11 Å². The molecule has 0 saturated heterocycles. The Morgan fingerprint density at radius 1 is 1.09 bits per heavy atom.